The monoisotopic (exact) mass is 302 g/mol. The van der Waals surface area contributed by atoms with E-state index in [1.165, 1.54) is 0 Å². The number of hydrogen-bond acceptors (Lipinski definition) is 3. The van der Waals surface area contributed by atoms with Crippen molar-refractivity contribution in [1.82, 2.24) is 0 Å². The van der Waals surface area contributed by atoms with Crippen LogP contribution in [0, 0.1) is 17.8 Å². The largest absolute Gasteiger partial charge is 0.413 e. The fourth-order valence-electron chi connectivity index (χ4n) is 2.12. The van der Waals surface area contributed by atoms with Crippen molar-refractivity contribution in [1.29, 1.82) is 0 Å². The molecule has 0 saturated carbocycles. The van der Waals surface area contributed by atoms with Gasteiger partial charge in [0.25, 0.3) is 0 Å². The normalized spacial score (nSPS) is 19.6. The summed E-state index contributed by atoms with van der Waals surface area (Å²) in [6.07, 6.45) is 0.156. The third-order valence-corrected chi connectivity index (χ3v) is 9.18. The molecule has 0 fully saturated rings. The zero-order chi connectivity index (χ0) is 16.3. The summed E-state index contributed by atoms with van der Waals surface area (Å²) in [5, 5.41) is 10.4. The fourth-order valence-corrected chi connectivity index (χ4v) is 3.64. The lowest BCUT2D eigenvalue weighted by molar-refractivity contribution is -0.116. The Morgan fingerprint density at radius 3 is 1.85 bits per heavy atom. The van der Waals surface area contributed by atoms with Crippen molar-refractivity contribution in [2.45, 2.75) is 78.8 Å². The van der Waals surface area contributed by atoms with Crippen LogP contribution >= 0.6 is 0 Å². The average Bonchev–Trinajstić information content (AvgIpc) is 2.31. The van der Waals surface area contributed by atoms with Crippen LogP contribution in [0.5, 0.6) is 0 Å². The molecule has 0 unspecified atom stereocenters. The molecule has 0 saturated heterocycles. The van der Waals surface area contributed by atoms with Crippen LogP contribution in [0.4, 0.5) is 0 Å². The minimum Gasteiger partial charge on any atom is -0.413 e. The first-order valence-corrected chi connectivity index (χ1v) is 10.6. The molecule has 3 nitrogen and oxygen atoms in total. The van der Waals surface area contributed by atoms with Crippen molar-refractivity contribution in [3.63, 3.8) is 0 Å². The minimum absolute atomic E-state index is 0.0201. The van der Waals surface area contributed by atoms with E-state index < -0.39 is 14.4 Å². The van der Waals surface area contributed by atoms with Crippen molar-refractivity contribution in [2.75, 3.05) is 0 Å². The highest BCUT2D eigenvalue weighted by atomic mass is 28.4. The van der Waals surface area contributed by atoms with Gasteiger partial charge >= 0.3 is 0 Å². The second-order valence-corrected chi connectivity index (χ2v) is 12.7. The van der Waals surface area contributed by atoms with E-state index in [1.807, 2.05) is 6.92 Å². The van der Waals surface area contributed by atoms with Gasteiger partial charge in [-0.25, -0.2) is 0 Å². The number of aliphatic hydroxyl groups is 1. The number of rotatable bonds is 7. The summed E-state index contributed by atoms with van der Waals surface area (Å²) in [5.74, 6) is -0.0915. The van der Waals surface area contributed by atoms with Gasteiger partial charge in [0, 0.05) is 11.8 Å². The number of carbonyl (C=O) groups is 1. The Hall–Kier alpha value is -0.193. The maximum atomic E-state index is 10.9. The van der Waals surface area contributed by atoms with Gasteiger partial charge in [-0.05, 0) is 24.1 Å². The molecule has 0 spiro atoms. The van der Waals surface area contributed by atoms with Gasteiger partial charge in [-0.1, -0.05) is 48.5 Å². The molecule has 0 heterocycles. The zero-order valence-electron chi connectivity index (χ0n) is 14.7. The summed E-state index contributed by atoms with van der Waals surface area (Å²) >= 11 is 0. The lowest BCUT2D eigenvalue weighted by atomic mass is 9.85. The van der Waals surface area contributed by atoms with Crippen LogP contribution in [0.25, 0.3) is 0 Å². The zero-order valence-corrected chi connectivity index (χ0v) is 15.7. The Morgan fingerprint density at radius 2 is 1.55 bits per heavy atom. The first kappa shape index (κ1) is 19.8. The SMILES string of the molecule is CC(C)[C@H](O[Si](C)(C)C(C)(C)C)[C@H](C)[C@H](O)[C@@H](C)C=O. The molecule has 1 N–H and O–H groups in total. The highest BCUT2D eigenvalue weighted by molar-refractivity contribution is 6.74. The lowest BCUT2D eigenvalue weighted by Crippen LogP contribution is -2.49. The number of carbonyl (C=O) groups excluding carboxylic acids is 1. The van der Waals surface area contributed by atoms with E-state index in [2.05, 4.69) is 47.7 Å². The highest BCUT2D eigenvalue weighted by Gasteiger charge is 2.42. The molecule has 0 amide bonds. The molecular weight excluding hydrogens is 268 g/mol. The van der Waals surface area contributed by atoms with Crippen molar-refractivity contribution < 1.29 is 14.3 Å². The molecule has 0 rings (SSSR count). The number of aliphatic hydroxyl groups excluding tert-OH is 1. The molecule has 0 aromatic heterocycles. The second-order valence-electron chi connectivity index (χ2n) is 7.93. The van der Waals surface area contributed by atoms with E-state index in [0.29, 0.717) is 5.92 Å². The topological polar surface area (TPSA) is 46.5 Å². The Morgan fingerprint density at radius 1 is 1.10 bits per heavy atom. The molecule has 120 valence electrons. The Bertz CT molecular complexity index is 307. The quantitative estimate of drug-likeness (QED) is 0.573. The van der Waals surface area contributed by atoms with Crippen LogP contribution in [-0.4, -0.2) is 31.9 Å². The van der Waals surface area contributed by atoms with Crippen LogP contribution < -0.4 is 0 Å². The van der Waals surface area contributed by atoms with Crippen LogP contribution in [0.1, 0.15) is 48.5 Å². The first-order chi connectivity index (χ1) is 8.85. The Kier molecular flexibility index (Phi) is 7.12. The van der Waals surface area contributed by atoms with Crippen LogP contribution in [0.3, 0.4) is 0 Å². The summed E-state index contributed by atoms with van der Waals surface area (Å²) in [7, 11) is -1.88. The molecular formula is C16H34O3Si. The average molecular weight is 303 g/mol. The van der Waals surface area contributed by atoms with Crippen molar-refractivity contribution in [2.24, 2.45) is 17.8 Å². The standard InChI is InChI=1S/C16H34O3Si/c1-11(2)15(13(4)14(18)12(3)10-17)19-20(8,9)16(5,6)7/h10-15,18H,1-9H3/t12-,13+,14+,15-/m0/s1. The predicted molar refractivity (Wildman–Crippen MR) is 87.3 cm³/mol. The van der Waals surface area contributed by atoms with E-state index in [1.54, 1.807) is 6.92 Å². The summed E-state index contributed by atoms with van der Waals surface area (Å²) in [6, 6.07) is 0. The highest BCUT2D eigenvalue weighted by Crippen LogP contribution is 2.39. The molecule has 0 bridgehead atoms. The van der Waals surface area contributed by atoms with Crippen LogP contribution in [0.15, 0.2) is 0 Å². The first-order valence-electron chi connectivity index (χ1n) is 7.66. The van der Waals surface area contributed by atoms with E-state index in [-0.39, 0.29) is 23.0 Å². The third-order valence-electron chi connectivity index (χ3n) is 4.70. The van der Waals surface area contributed by atoms with Crippen molar-refractivity contribution in [3.8, 4) is 0 Å². The Labute approximate surface area is 126 Å². The van der Waals surface area contributed by atoms with Gasteiger partial charge in [0.15, 0.2) is 8.32 Å². The van der Waals surface area contributed by atoms with Gasteiger partial charge in [0.2, 0.25) is 0 Å². The Balaban J connectivity index is 5.13. The number of aldehydes is 1. The van der Waals surface area contributed by atoms with E-state index in [4.69, 9.17) is 4.43 Å². The molecule has 0 aliphatic carbocycles. The molecule has 0 aromatic carbocycles. The minimum atomic E-state index is -1.88. The molecule has 0 aliphatic heterocycles. The van der Waals surface area contributed by atoms with Gasteiger partial charge in [-0.2, -0.15) is 0 Å². The lowest BCUT2D eigenvalue weighted by Gasteiger charge is -2.43. The van der Waals surface area contributed by atoms with Crippen molar-refractivity contribution >= 4 is 14.6 Å². The third kappa shape index (κ3) is 4.97. The molecule has 0 aliphatic rings. The summed E-state index contributed by atoms with van der Waals surface area (Å²) in [5.41, 5.74) is 0. The maximum absolute atomic E-state index is 10.9. The second kappa shape index (κ2) is 7.19. The molecule has 4 heteroatoms. The molecule has 0 aromatic rings. The van der Waals surface area contributed by atoms with Gasteiger partial charge < -0.3 is 14.3 Å². The smallest absolute Gasteiger partial charge is 0.192 e. The van der Waals surface area contributed by atoms with E-state index >= 15 is 0 Å². The van der Waals surface area contributed by atoms with Gasteiger partial charge in [-0.3, -0.25) is 0 Å². The summed E-state index contributed by atoms with van der Waals surface area (Å²) in [4.78, 5) is 10.9. The van der Waals surface area contributed by atoms with E-state index in [0.717, 1.165) is 6.29 Å². The van der Waals surface area contributed by atoms with Crippen LogP contribution in [0.2, 0.25) is 18.1 Å². The van der Waals surface area contributed by atoms with Gasteiger partial charge in [-0.15, -0.1) is 0 Å². The van der Waals surface area contributed by atoms with Crippen LogP contribution in [-0.2, 0) is 9.22 Å². The molecule has 20 heavy (non-hydrogen) atoms. The predicted octanol–water partition coefficient (Wildman–Crippen LogP) is 3.86. The van der Waals surface area contributed by atoms with Gasteiger partial charge in [0.05, 0.1) is 12.2 Å². The fraction of sp³-hybridized carbons (Fsp3) is 0.938. The molecule has 4 atom stereocenters. The maximum Gasteiger partial charge on any atom is 0.192 e. The summed E-state index contributed by atoms with van der Waals surface area (Å²) in [6.45, 7) is 19.1. The number of hydrogen-bond donors (Lipinski definition) is 1. The van der Waals surface area contributed by atoms with Gasteiger partial charge in [0.1, 0.15) is 6.29 Å². The summed E-state index contributed by atoms with van der Waals surface area (Å²) < 4.78 is 6.50. The van der Waals surface area contributed by atoms with Crippen molar-refractivity contribution in [3.05, 3.63) is 0 Å². The molecule has 0 radical (unpaired) electrons. The van der Waals surface area contributed by atoms with E-state index in [9.17, 15) is 9.90 Å².